The van der Waals surface area contributed by atoms with Crippen molar-refractivity contribution in [3.63, 3.8) is 0 Å². The molecule has 2 aromatic carbocycles. The first kappa shape index (κ1) is 19.7. The highest BCUT2D eigenvalue weighted by atomic mass is 35.5. The Balaban J connectivity index is 1.54. The highest BCUT2D eigenvalue weighted by Crippen LogP contribution is 2.31. The van der Waals surface area contributed by atoms with Gasteiger partial charge in [0.25, 0.3) is 5.91 Å². The van der Waals surface area contributed by atoms with Crippen molar-refractivity contribution in [3.05, 3.63) is 52.8 Å². The molecule has 0 fully saturated rings. The fraction of sp³-hybridized carbons (Fsp3) is 0.250. The van der Waals surface area contributed by atoms with E-state index in [-0.39, 0.29) is 6.61 Å². The Labute approximate surface area is 167 Å². The van der Waals surface area contributed by atoms with Crippen LogP contribution in [0.25, 0.3) is 10.8 Å². The van der Waals surface area contributed by atoms with Gasteiger partial charge in [0.05, 0.1) is 17.1 Å². The summed E-state index contributed by atoms with van der Waals surface area (Å²) in [7, 11) is 1.79. The third-order valence-electron chi connectivity index (χ3n) is 4.31. The van der Waals surface area contributed by atoms with E-state index in [4.69, 9.17) is 21.1 Å². The number of halogens is 1. The smallest absolute Gasteiger partial charge is 0.344 e. The average molecular weight is 402 g/mol. The van der Waals surface area contributed by atoms with Crippen molar-refractivity contribution in [1.82, 2.24) is 9.78 Å². The molecule has 0 spiro atoms. The summed E-state index contributed by atoms with van der Waals surface area (Å²) in [4.78, 5) is 24.0. The summed E-state index contributed by atoms with van der Waals surface area (Å²) in [5.74, 6) is -0.568. The summed E-state index contributed by atoms with van der Waals surface area (Å²) in [5.41, 5.74) is 2.13. The summed E-state index contributed by atoms with van der Waals surface area (Å²) in [6.07, 6.45) is 0. The van der Waals surface area contributed by atoms with Gasteiger partial charge in [0.1, 0.15) is 5.75 Å². The molecule has 8 heteroatoms. The van der Waals surface area contributed by atoms with Crippen LogP contribution >= 0.6 is 11.6 Å². The minimum atomic E-state index is -0.645. The summed E-state index contributed by atoms with van der Waals surface area (Å²) >= 11 is 6.17. The molecule has 3 aromatic rings. The molecule has 0 unspecified atom stereocenters. The van der Waals surface area contributed by atoms with Crippen LogP contribution in [0.3, 0.4) is 0 Å². The van der Waals surface area contributed by atoms with Gasteiger partial charge in [0.2, 0.25) is 0 Å². The standard InChI is InChI=1S/C20H20ClN3O4/c1-12-20(13(2)24(3)23-12)22-18(25)10-28-19(26)11-27-17-9-8-16(21)14-6-4-5-7-15(14)17/h4-9H,10-11H2,1-3H3,(H,22,25). The number of amides is 1. The normalized spacial score (nSPS) is 10.7. The Bertz CT molecular complexity index is 1050. The van der Waals surface area contributed by atoms with E-state index in [1.165, 1.54) is 0 Å². The summed E-state index contributed by atoms with van der Waals surface area (Å²) in [6.45, 7) is 2.91. The molecule has 0 saturated heterocycles. The molecule has 0 radical (unpaired) electrons. The number of nitrogens with one attached hydrogen (secondary N) is 1. The SMILES string of the molecule is Cc1nn(C)c(C)c1NC(=O)COC(=O)COc1ccc(Cl)c2ccccc12. The number of ether oxygens (including phenoxy) is 2. The molecule has 1 aromatic heterocycles. The minimum absolute atomic E-state index is 0.316. The highest BCUT2D eigenvalue weighted by Gasteiger charge is 2.15. The van der Waals surface area contributed by atoms with Crippen LogP contribution in [0.15, 0.2) is 36.4 Å². The maximum Gasteiger partial charge on any atom is 0.344 e. The molecule has 1 amide bonds. The average Bonchev–Trinajstić information content (AvgIpc) is 2.92. The molecule has 0 aliphatic carbocycles. The van der Waals surface area contributed by atoms with Crippen molar-refractivity contribution >= 4 is 39.9 Å². The summed E-state index contributed by atoms with van der Waals surface area (Å²) in [5, 5.41) is 9.15. The fourth-order valence-electron chi connectivity index (χ4n) is 2.81. The second-order valence-electron chi connectivity index (χ2n) is 6.26. The quantitative estimate of drug-likeness (QED) is 0.640. The molecule has 1 heterocycles. The van der Waals surface area contributed by atoms with Crippen molar-refractivity contribution in [2.24, 2.45) is 7.05 Å². The largest absolute Gasteiger partial charge is 0.481 e. The van der Waals surface area contributed by atoms with E-state index in [2.05, 4.69) is 10.4 Å². The monoisotopic (exact) mass is 401 g/mol. The van der Waals surface area contributed by atoms with Crippen LogP contribution in [0, 0.1) is 13.8 Å². The van der Waals surface area contributed by atoms with Crippen LogP contribution in [0.2, 0.25) is 5.02 Å². The second-order valence-corrected chi connectivity index (χ2v) is 6.67. The maximum absolute atomic E-state index is 12.0. The van der Waals surface area contributed by atoms with Crippen LogP contribution in [0.5, 0.6) is 5.75 Å². The van der Waals surface area contributed by atoms with Gasteiger partial charge in [-0.3, -0.25) is 9.48 Å². The van der Waals surface area contributed by atoms with E-state index in [0.717, 1.165) is 16.5 Å². The van der Waals surface area contributed by atoms with E-state index < -0.39 is 18.5 Å². The van der Waals surface area contributed by atoms with Crippen molar-refractivity contribution in [2.45, 2.75) is 13.8 Å². The third-order valence-corrected chi connectivity index (χ3v) is 4.64. The Kier molecular flexibility index (Phi) is 5.84. The van der Waals surface area contributed by atoms with E-state index in [0.29, 0.717) is 22.2 Å². The van der Waals surface area contributed by atoms with E-state index >= 15 is 0 Å². The van der Waals surface area contributed by atoms with Gasteiger partial charge in [0.15, 0.2) is 13.2 Å². The zero-order valence-electron chi connectivity index (χ0n) is 15.8. The lowest BCUT2D eigenvalue weighted by molar-refractivity contribution is -0.149. The summed E-state index contributed by atoms with van der Waals surface area (Å²) in [6, 6.07) is 10.9. The molecule has 0 saturated carbocycles. The van der Waals surface area contributed by atoms with E-state index in [9.17, 15) is 9.59 Å². The van der Waals surface area contributed by atoms with Gasteiger partial charge in [-0.25, -0.2) is 4.79 Å². The molecule has 28 heavy (non-hydrogen) atoms. The number of esters is 1. The van der Waals surface area contributed by atoms with E-state index in [1.807, 2.05) is 31.2 Å². The third kappa shape index (κ3) is 4.26. The number of rotatable bonds is 6. The first-order valence-corrected chi connectivity index (χ1v) is 9.00. The van der Waals surface area contributed by atoms with Gasteiger partial charge in [0, 0.05) is 22.8 Å². The van der Waals surface area contributed by atoms with Gasteiger partial charge in [-0.1, -0.05) is 35.9 Å². The number of benzene rings is 2. The van der Waals surface area contributed by atoms with Gasteiger partial charge in [-0.05, 0) is 26.0 Å². The number of nitrogens with zero attached hydrogens (tertiary/aromatic N) is 2. The van der Waals surface area contributed by atoms with Crippen LogP contribution in [-0.4, -0.2) is 34.9 Å². The van der Waals surface area contributed by atoms with Crippen molar-refractivity contribution in [3.8, 4) is 5.75 Å². The highest BCUT2D eigenvalue weighted by molar-refractivity contribution is 6.35. The lowest BCUT2D eigenvalue weighted by Crippen LogP contribution is -2.24. The predicted octanol–water partition coefficient (Wildman–Crippen LogP) is 3.40. The molecule has 0 bridgehead atoms. The first-order chi connectivity index (χ1) is 13.4. The molecule has 146 valence electrons. The van der Waals surface area contributed by atoms with Gasteiger partial charge < -0.3 is 14.8 Å². The topological polar surface area (TPSA) is 82.5 Å². The molecule has 0 atom stereocenters. The molecular weight excluding hydrogens is 382 g/mol. The zero-order chi connectivity index (χ0) is 20.3. The number of fused-ring (bicyclic) bond motifs is 1. The number of carbonyl (C=O) groups excluding carboxylic acids is 2. The Morgan fingerprint density at radius 1 is 1.11 bits per heavy atom. The Hall–Kier alpha value is -3.06. The second kappa shape index (κ2) is 8.31. The summed E-state index contributed by atoms with van der Waals surface area (Å²) < 4.78 is 12.2. The first-order valence-electron chi connectivity index (χ1n) is 8.62. The van der Waals surface area contributed by atoms with Crippen molar-refractivity contribution in [2.75, 3.05) is 18.5 Å². The lowest BCUT2D eigenvalue weighted by Gasteiger charge is -2.10. The van der Waals surface area contributed by atoms with Gasteiger partial charge in [-0.15, -0.1) is 0 Å². The number of carbonyl (C=O) groups is 2. The predicted molar refractivity (Wildman–Crippen MR) is 107 cm³/mol. The van der Waals surface area contributed by atoms with Crippen LogP contribution in [0.1, 0.15) is 11.4 Å². The molecular formula is C20H20ClN3O4. The number of aryl methyl sites for hydroxylation is 2. The molecule has 1 N–H and O–H groups in total. The van der Waals surface area contributed by atoms with Gasteiger partial charge >= 0.3 is 5.97 Å². The van der Waals surface area contributed by atoms with Crippen molar-refractivity contribution in [1.29, 1.82) is 0 Å². The minimum Gasteiger partial charge on any atom is -0.481 e. The van der Waals surface area contributed by atoms with Crippen LogP contribution < -0.4 is 10.1 Å². The van der Waals surface area contributed by atoms with Crippen molar-refractivity contribution < 1.29 is 19.1 Å². The van der Waals surface area contributed by atoms with Crippen LogP contribution in [-0.2, 0) is 21.4 Å². The van der Waals surface area contributed by atoms with Crippen LogP contribution in [0.4, 0.5) is 5.69 Å². The number of anilines is 1. The number of hydrogen-bond donors (Lipinski definition) is 1. The Morgan fingerprint density at radius 2 is 1.82 bits per heavy atom. The van der Waals surface area contributed by atoms with E-state index in [1.54, 1.807) is 30.8 Å². The molecule has 3 rings (SSSR count). The number of hydrogen-bond acceptors (Lipinski definition) is 5. The lowest BCUT2D eigenvalue weighted by atomic mass is 10.1. The molecule has 0 aliphatic rings. The Morgan fingerprint density at radius 3 is 2.50 bits per heavy atom. The molecule has 7 nitrogen and oxygen atoms in total. The zero-order valence-corrected chi connectivity index (χ0v) is 16.5. The van der Waals surface area contributed by atoms with Gasteiger partial charge in [-0.2, -0.15) is 5.10 Å². The maximum atomic E-state index is 12.0. The fourth-order valence-corrected chi connectivity index (χ4v) is 3.04. The number of aromatic nitrogens is 2. The molecule has 0 aliphatic heterocycles.